The Labute approximate surface area is 177 Å². The number of benzene rings is 2. The number of nitrogens with one attached hydrogen (secondary N) is 2. The first-order chi connectivity index (χ1) is 14.4. The smallest absolute Gasteiger partial charge is 0.275 e. The highest BCUT2D eigenvalue weighted by Gasteiger charge is 2.19. The standard InChI is InChI=1S/C22H17ClN4O3/c1-12-20(13(2)30-27-12)22(29)26-25-21(28)17-11-19(14-7-9-15(23)10-8-14)24-18-6-4-3-5-16(17)18/h3-11H,1-2H3,(H,25,28)(H,26,29). The summed E-state index contributed by atoms with van der Waals surface area (Å²) in [6.07, 6.45) is 0. The van der Waals surface area contributed by atoms with Gasteiger partial charge >= 0.3 is 0 Å². The molecular formula is C22H17ClN4O3. The second-order valence-electron chi connectivity index (χ2n) is 6.69. The van der Waals surface area contributed by atoms with Crippen LogP contribution < -0.4 is 10.9 Å². The van der Waals surface area contributed by atoms with Gasteiger partial charge in [0, 0.05) is 16.0 Å². The van der Waals surface area contributed by atoms with E-state index in [9.17, 15) is 9.59 Å². The van der Waals surface area contributed by atoms with Gasteiger partial charge in [-0.3, -0.25) is 20.4 Å². The molecule has 0 bridgehead atoms. The molecule has 0 aliphatic heterocycles. The van der Waals surface area contributed by atoms with Crippen molar-refractivity contribution in [1.82, 2.24) is 21.0 Å². The molecule has 2 N–H and O–H groups in total. The van der Waals surface area contributed by atoms with Crippen molar-refractivity contribution in [3.8, 4) is 11.3 Å². The first-order valence-corrected chi connectivity index (χ1v) is 9.51. The zero-order valence-corrected chi connectivity index (χ0v) is 16.9. The number of hydrazine groups is 1. The zero-order chi connectivity index (χ0) is 21.3. The van der Waals surface area contributed by atoms with Gasteiger partial charge in [0.15, 0.2) is 0 Å². The molecule has 0 spiro atoms. The van der Waals surface area contributed by atoms with E-state index in [1.54, 1.807) is 38.1 Å². The van der Waals surface area contributed by atoms with Crippen LogP contribution in [0, 0.1) is 13.8 Å². The highest BCUT2D eigenvalue weighted by Crippen LogP contribution is 2.26. The Hall–Kier alpha value is -3.71. The van der Waals surface area contributed by atoms with Gasteiger partial charge in [0.25, 0.3) is 11.8 Å². The molecule has 0 radical (unpaired) electrons. The topological polar surface area (TPSA) is 97.1 Å². The quantitative estimate of drug-likeness (QED) is 0.483. The summed E-state index contributed by atoms with van der Waals surface area (Å²) >= 11 is 5.98. The fourth-order valence-electron chi connectivity index (χ4n) is 3.18. The molecular weight excluding hydrogens is 404 g/mol. The maximum absolute atomic E-state index is 12.9. The van der Waals surface area contributed by atoms with Crippen LogP contribution in [0.1, 0.15) is 32.2 Å². The third kappa shape index (κ3) is 3.75. The van der Waals surface area contributed by atoms with Crippen LogP contribution in [-0.2, 0) is 0 Å². The van der Waals surface area contributed by atoms with Crippen LogP contribution in [0.2, 0.25) is 5.02 Å². The molecule has 2 aromatic carbocycles. The lowest BCUT2D eigenvalue weighted by Crippen LogP contribution is -2.42. The summed E-state index contributed by atoms with van der Waals surface area (Å²) in [7, 11) is 0. The van der Waals surface area contributed by atoms with Gasteiger partial charge in [-0.25, -0.2) is 4.98 Å². The fraction of sp³-hybridized carbons (Fsp3) is 0.0909. The number of para-hydroxylation sites is 1. The Balaban J connectivity index is 1.66. The lowest BCUT2D eigenvalue weighted by atomic mass is 10.0. The van der Waals surface area contributed by atoms with Crippen molar-refractivity contribution in [2.75, 3.05) is 0 Å². The van der Waals surface area contributed by atoms with Crippen molar-refractivity contribution in [2.24, 2.45) is 0 Å². The molecule has 0 saturated carbocycles. The molecule has 0 aliphatic rings. The molecule has 0 aliphatic carbocycles. The molecule has 30 heavy (non-hydrogen) atoms. The molecule has 150 valence electrons. The van der Waals surface area contributed by atoms with E-state index in [1.165, 1.54) is 0 Å². The number of amides is 2. The number of fused-ring (bicyclic) bond motifs is 1. The molecule has 4 aromatic rings. The predicted octanol–water partition coefficient (Wildman–Crippen LogP) is 4.23. The summed E-state index contributed by atoms with van der Waals surface area (Å²) in [4.78, 5) is 30.0. The summed E-state index contributed by atoms with van der Waals surface area (Å²) in [5.41, 5.74) is 8.09. The highest BCUT2D eigenvalue weighted by molar-refractivity contribution is 6.30. The Morgan fingerprint density at radius 3 is 2.37 bits per heavy atom. The molecule has 2 aromatic heterocycles. The van der Waals surface area contributed by atoms with Crippen LogP contribution in [0.3, 0.4) is 0 Å². The summed E-state index contributed by atoms with van der Waals surface area (Å²) in [5.74, 6) is -0.599. The van der Waals surface area contributed by atoms with Crippen LogP contribution in [0.25, 0.3) is 22.2 Å². The van der Waals surface area contributed by atoms with Gasteiger partial charge in [-0.15, -0.1) is 0 Å². The maximum Gasteiger partial charge on any atom is 0.275 e. The van der Waals surface area contributed by atoms with Gasteiger partial charge in [0.2, 0.25) is 0 Å². The van der Waals surface area contributed by atoms with Crippen molar-refractivity contribution in [3.63, 3.8) is 0 Å². The van der Waals surface area contributed by atoms with E-state index in [1.807, 2.05) is 30.3 Å². The maximum atomic E-state index is 12.9. The minimum absolute atomic E-state index is 0.289. The molecule has 2 heterocycles. The number of aryl methyl sites for hydroxylation is 2. The monoisotopic (exact) mass is 420 g/mol. The lowest BCUT2D eigenvalue weighted by Gasteiger charge is -2.11. The summed E-state index contributed by atoms with van der Waals surface area (Å²) < 4.78 is 5.00. The molecule has 0 saturated heterocycles. The highest BCUT2D eigenvalue weighted by atomic mass is 35.5. The molecule has 0 atom stereocenters. The number of hydrogen-bond donors (Lipinski definition) is 2. The number of carbonyl (C=O) groups is 2. The first kappa shape index (κ1) is 19.6. The summed E-state index contributed by atoms with van der Waals surface area (Å²) in [6.45, 7) is 3.29. The second kappa shape index (κ2) is 7.96. The van der Waals surface area contributed by atoms with Crippen molar-refractivity contribution in [1.29, 1.82) is 0 Å². The molecule has 7 nitrogen and oxygen atoms in total. The molecule has 0 fully saturated rings. The average Bonchev–Trinajstić information content (AvgIpc) is 3.09. The number of aromatic nitrogens is 2. The van der Waals surface area contributed by atoms with E-state index in [2.05, 4.69) is 21.0 Å². The Bertz CT molecular complexity index is 1250. The minimum atomic E-state index is -0.504. The van der Waals surface area contributed by atoms with Crippen molar-refractivity contribution < 1.29 is 14.1 Å². The largest absolute Gasteiger partial charge is 0.361 e. The van der Waals surface area contributed by atoms with Gasteiger partial charge in [-0.2, -0.15) is 0 Å². The van der Waals surface area contributed by atoms with E-state index in [-0.39, 0.29) is 5.56 Å². The predicted molar refractivity (Wildman–Crippen MR) is 113 cm³/mol. The number of halogens is 1. The Kier molecular flexibility index (Phi) is 5.20. The number of rotatable bonds is 3. The third-order valence-electron chi connectivity index (χ3n) is 4.65. The number of nitrogens with zero attached hydrogens (tertiary/aromatic N) is 2. The third-order valence-corrected chi connectivity index (χ3v) is 4.90. The van der Waals surface area contributed by atoms with Gasteiger partial charge in [0.05, 0.1) is 22.5 Å². The number of pyridine rings is 1. The van der Waals surface area contributed by atoms with Crippen LogP contribution in [0.5, 0.6) is 0 Å². The van der Waals surface area contributed by atoms with Gasteiger partial charge in [-0.05, 0) is 38.1 Å². The van der Waals surface area contributed by atoms with Crippen molar-refractivity contribution >= 4 is 34.3 Å². The van der Waals surface area contributed by atoms with Crippen molar-refractivity contribution in [3.05, 3.63) is 82.2 Å². The Morgan fingerprint density at radius 2 is 1.67 bits per heavy atom. The molecule has 4 rings (SSSR count). The van der Waals surface area contributed by atoms with Gasteiger partial charge in [-0.1, -0.05) is 47.1 Å². The number of carbonyl (C=O) groups excluding carboxylic acids is 2. The minimum Gasteiger partial charge on any atom is -0.361 e. The second-order valence-corrected chi connectivity index (χ2v) is 7.12. The fourth-order valence-corrected chi connectivity index (χ4v) is 3.31. The summed E-state index contributed by atoms with van der Waals surface area (Å²) in [5, 5.41) is 5.03. The first-order valence-electron chi connectivity index (χ1n) is 9.13. The van der Waals surface area contributed by atoms with E-state index >= 15 is 0 Å². The normalized spacial score (nSPS) is 10.8. The SMILES string of the molecule is Cc1noc(C)c1C(=O)NNC(=O)c1cc(-c2ccc(Cl)cc2)nc2ccccc12. The number of hydrogen-bond acceptors (Lipinski definition) is 5. The van der Waals surface area contributed by atoms with E-state index < -0.39 is 11.8 Å². The summed E-state index contributed by atoms with van der Waals surface area (Å²) in [6, 6.07) is 16.2. The van der Waals surface area contributed by atoms with Crippen LogP contribution in [-0.4, -0.2) is 22.0 Å². The zero-order valence-electron chi connectivity index (χ0n) is 16.2. The van der Waals surface area contributed by atoms with Crippen LogP contribution in [0.4, 0.5) is 0 Å². The molecule has 2 amide bonds. The molecule has 8 heteroatoms. The van der Waals surface area contributed by atoms with Crippen LogP contribution >= 0.6 is 11.6 Å². The van der Waals surface area contributed by atoms with Gasteiger partial charge in [0.1, 0.15) is 11.3 Å². The Morgan fingerprint density at radius 1 is 0.967 bits per heavy atom. The van der Waals surface area contributed by atoms with Gasteiger partial charge < -0.3 is 4.52 Å². The van der Waals surface area contributed by atoms with E-state index in [4.69, 9.17) is 16.1 Å². The van der Waals surface area contributed by atoms with E-state index in [0.717, 1.165) is 5.56 Å². The van der Waals surface area contributed by atoms with E-state index in [0.29, 0.717) is 38.6 Å². The van der Waals surface area contributed by atoms with Crippen molar-refractivity contribution in [2.45, 2.75) is 13.8 Å². The average molecular weight is 421 g/mol. The van der Waals surface area contributed by atoms with Crippen LogP contribution in [0.15, 0.2) is 59.1 Å². The molecule has 0 unspecified atom stereocenters. The lowest BCUT2D eigenvalue weighted by molar-refractivity contribution is 0.0846.